The van der Waals surface area contributed by atoms with E-state index in [-0.39, 0.29) is 5.91 Å². The summed E-state index contributed by atoms with van der Waals surface area (Å²) in [7, 11) is 1.50. The molecule has 1 aromatic carbocycles. The average Bonchev–Trinajstić information content (AvgIpc) is 3.00. The molecule has 1 fully saturated rings. The van der Waals surface area contributed by atoms with Crippen LogP contribution in [-0.4, -0.2) is 18.5 Å². The largest absolute Gasteiger partial charge is 0.317 e. The fraction of sp³-hybridized carbons (Fsp3) is 0.364. The fourth-order valence-electron chi connectivity index (χ4n) is 1.49. The Labute approximate surface area is 91.8 Å². The molecule has 0 bridgehead atoms. The molecule has 1 amide bonds. The van der Waals surface area contributed by atoms with Crippen LogP contribution in [0.1, 0.15) is 12.8 Å². The molecule has 0 aliphatic heterocycles. The molecule has 1 aromatic rings. The minimum Gasteiger partial charge on any atom is -0.317 e. The van der Waals surface area contributed by atoms with Gasteiger partial charge in [-0.15, -0.1) is 0 Å². The Bertz CT molecular complexity index is 444. The summed E-state index contributed by atoms with van der Waals surface area (Å²) in [6.07, 6.45) is 1.28. The number of anilines is 1. The third kappa shape index (κ3) is 1.78. The van der Waals surface area contributed by atoms with Gasteiger partial charge in [0.15, 0.2) is 11.6 Å². The van der Waals surface area contributed by atoms with Gasteiger partial charge in [0.25, 0.3) is 0 Å². The summed E-state index contributed by atoms with van der Waals surface area (Å²) >= 11 is 0. The average molecular weight is 226 g/mol. The Balaban J connectivity index is 2.23. The van der Waals surface area contributed by atoms with Crippen molar-refractivity contribution in [3.8, 4) is 0 Å². The van der Waals surface area contributed by atoms with E-state index in [1.54, 1.807) is 0 Å². The van der Waals surface area contributed by atoms with Crippen LogP contribution in [0.25, 0.3) is 0 Å². The van der Waals surface area contributed by atoms with Crippen LogP contribution in [-0.2, 0) is 4.79 Å². The summed E-state index contributed by atoms with van der Waals surface area (Å²) in [4.78, 5) is 13.1. The maximum Gasteiger partial charge on any atom is 0.246 e. The van der Waals surface area contributed by atoms with E-state index in [9.17, 15) is 13.6 Å². The molecule has 5 heteroatoms. The molecule has 0 heterocycles. The second-order valence-electron chi connectivity index (χ2n) is 4.12. The Morgan fingerprint density at radius 3 is 2.50 bits per heavy atom. The summed E-state index contributed by atoms with van der Waals surface area (Å²) in [5.74, 6) is -2.17. The van der Waals surface area contributed by atoms with Gasteiger partial charge in [0.05, 0.1) is 5.54 Å². The second kappa shape index (κ2) is 3.52. The monoisotopic (exact) mass is 226 g/mol. The zero-order chi connectivity index (χ0) is 11.9. The zero-order valence-electron chi connectivity index (χ0n) is 8.84. The smallest absolute Gasteiger partial charge is 0.246 e. The molecule has 0 atom stereocenters. The third-order valence-electron chi connectivity index (χ3n) is 2.81. The van der Waals surface area contributed by atoms with E-state index >= 15 is 0 Å². The highest BCUT2D eigenvalue weighted by Gasteiger charge is 2.47. The highest BCUT2D eigenvalue weighted by atomic mass is 19.2. The lowest BCUT2D eigenvalue weighted by molar-refractivity contribution is -0.120. The van der Waals surface area contributed by atoms with Crippen LogP contribution < -0.4 is 10.6 Å². The van der Waals surface area contributed by atoms with E-state index in [0.29, 0.717) is 18.5 Å². The van der Waals surface area contributed by atoms with Crippen molar-refractivity contribution in [1.29, 1.82) is 0 Å². The van der Waals surface area contributed by atoms with Crippen LogP contribution in [0, 0.1) is 11.6 Å². The van der Waals surface area contributed by atoms with E-state index in [2.05, 4.69) is 0 Å². The van der Waals surface area contributed by atoms with Gasteiger partial charge in [-0.3, -0.25) is 4.79 Å². The first-order valence-corrected chi connectivity index (χ1v) is 4.96. The van der Waals surface area contributed by atoms with Gasteiger partial charge in [-0.1, -0.05) is 0 Å². The Kier molecular flexibility index (Phi) is 2.42. The van der Waals surface area contributed by atoms with Crippen molar-refractivity contribution in [2.75, 3.05) is 11.9 Å². The van der Waals surface area contributed by atoms with Gasteiger partial charge in [0.2, 0.25) is 5.91 Å². The number of benzene rings is 1. The molecule has 2 N–H and O–H groups in total. The van der Waals surface area contributed by atoms with E-state index in [1.807, 2.05) is 0 Å². The number of carbonyl (C=O) groups is 1. The molecule has 0 saturated heterocycles. The summed E-state index contributed by atoms with van der Waals surface area (Å²) in [6, 6.07) is 3.32. The number of hydrogen-bond acceptors (Lipinski definition) is 2. The number of halogens is 2. The maximum absolute atomic E-state index is 13.0. The number of hydrogen-bond donors (Lipinski definition) is 1. The van der Waals surface area contributed by atoms with Crippen LogP contribution in [0.5, 0.6) is 0 Å². The summed E-state index contributed by atoms with van der Waals surface area (Å²) < 4.78 is 25.7. The highest BCUT2D eigenvalue weighted by Crippen LogP contribution is 2.35. The van der Waals surface area contributed by atoms with Crippen LogP contribution in [0.3, 0.4) is 0 Å². The Hall–Kier alpha value is -1.49. The van der Waals surface area contributed by atoms with Crippen molar-refractivity contribution in [1.82, 2.24) is 0 Å². The molecule has 1 aliphatic rings. The SMILES string of the molecule is CN(C(=O)C1(N)CC1)c1ccc(F)c(F)c1. The molecule has 16 heavy (non-hydrogen) atoms. The number of rotatable bonds is 2. The third-order valence-corrected chi connectivity index (χ3v) is 2.81. The van der Waals surface area contributed by atoms with Gasteiger partial charge >= 0.3 is 0 Å². The standard InChI is InChI=1S/C11H12F2N2O/c1-15(10(16)11(14)4-5-11)7-2-3-8(12)9(13)6-7/h2-3,6H,4-5,14H2,1H3. The van der Waals surface area contributed by atoms with Gasteiger partial charge in [0, 0.05) is 18.8 Å². The molecule has 1 saturated carbocycles. The van der Waals surface area contributed by atoms with Crippen molar-refractivity contribution in [3.05, 3.63) is 29.8 Å². The van der Waals surface area contributed by atoms with Crippen molar-refractivity contribution in [2.24, 2.45) is 5.73 Å². The first kappa shape index (κ1) is 11.0. The minimum atomic E-state index is -0.973. The van der Waals surface area contributed by atoms with E-state index in [4.69, 9.17) is 5.73 Å². The predicted octanol–water partition coefficient (Wildman–Crippen LogP) is 1.42. The lowest BCUT2D eigenvalue weighted by Gasteiger charge is -2.21. The first-order valence-electron chi connectivity index (χ1n) is 4.96. The molecule has 0 unspecified atom stereocenters. The normalized spacial score (nSPS) is 17.0. The molecule has 0 radical (unpaired) electrons. The first-order chi connectivity index (χ1) is 7.44. The number of carbonyl (C=O) groups excluding carboxylic acids is 1. The predicted molar refractivity (Wildman–Crippen MR) is 55.9 cm³/mol. The van der Waals surface area contributed by atoms with Crippen molar-refractivity contribution >= 4 is 11.6 Å². The number of likely N-dealkylation sites (N-methyl/N-ethyl adjacent to an activating group) is 1. The molecule has 86 valence electrons. The lowest BCUT2D eigenvalue weighted by Crippen LogP contribution is -2.43. The van der Waals surface area contributed by atoms with Crippen molar-refractivity contribution < 1.29 is 13.6 Å². The van der Waals surface area contributed by atoms with E-state index in [1.165, 1.54) is 18.0 Å². The van der Waals surface area contributed by atoms with Gasteiger partial charge in [-0.2, -0.15) is 0 Å². The topological polar surface area (TPSA) is 46.3 Å². The number of amides is 1. The molecule has 0 aromatic heterocycles. The number of nitrogens with two attached hydrogens (primary N) is 1. The van der Waals surface area contributed by atoms with Gasteiger partial charge in [0.1, 0.15) is 0 Å². The minimum absolute atomic E-state index is 0.265. The van der Waals surface area contributed by atoms with Crippen molar-refractivity contribution in [2.45, 2.75) is 18.4 Å². The van der Waals surface area contributed by atoms with Crippen LogP contribution in [0.2, 0.25) is 0 Å². The van der Waals surface area contributed by atoms with Gasteiger partial charge < -0.3 is 10.6 Å². The maximum atomic E-state index is 13.0. The lowest BCUT2D eigenvalue weighted by atomic mass is 10.2. The fourth-order valence-corrected chi connectivity index (χ4v) is 1.49. The van der Waals surface area contributed by atoms with Gasteiger partial charge in [-0.25, -0.2) is 8.78 Å². The second-order valence-corrected chi connectivity index (χ2v) is 4.12. The van der Waals surface area contributed by atoms with Gasteiger partial charge in [-0.05, 0) is 25.0 Å². The molecular weight excluding hydrogens is 214 g/mol. The molecule has 1 aliphatic carbocycles. The highest BCUT2D eigenvalue weighted by molar-refractivity contribution is 6.01. The van der Waals surface area contributed by atoms with E-state index in [0.717, 1.165) is 12.1 Å². The molecular formula is C11H12F2N2O. The summed E-state index contributed by atoms with van der Waals surface area (Å²) in [6.45, 7) is 0. The number of nitrogens with zero attached hydrogens (tertiary/aromatic N) is 1. The van der Waals surface area contributed by atoms with Crippen molar-refractivity contribution in [3.63, 3.8) is 0 Å². The van der Waals surface area contributed by atoms with Crippen LogP contribution >= 0.6 is 0 Å². The Morgan fingerprint density at radius 1 is 1.38 bits per heavy atom. The van der Waals surface area contributed by atoms with E-state index < -0.39 is 17.2 Å². The summed E-state index contributed by atoms with van der Waals surface area (Å²) in [5.41, 5.74) is 5.24. The summed E-state index contributed by atoms with van der Waals surface area (Å²) in [5, 5.41) is 0. The molecule has 0 spiro atoms. The van der Waals surface area contributed by atoms with Crippen LogP contribution in [0.15, 0.2) is 18.2 Å². The van der Waals surface area contributed by atoms with Crippen LogP contribution in [0.4, 0.5) is 14.5 Å². The molecule has 3 nitrogen and oxygen atoms in total. The Morgan fingerprint density at radius 2 is 2.00 bits per heavy atom. The quantitative estimate of drug-likeness (QED) is 0.829. The molecule has 2 rings (SSSR count). The zero-order valence-corrected chi connectivity index (χ0v) is 8.84.